The normalized spacial score (nSPS) is 18.4. The van der Waals surface area contributed by atoms with E-state index in [1.807, 2.05) is 12.1 Å². The number of carbonyl (C=O) groups is 1. The smallest absolute Gasteiger partial charge is 0.335 e. The van der Waals surface area contributed by atoms with Crippen molar-refractivity contribution in [1.82, 2.24) is 0 Å². The summed E-state index contributed by atoms with van der Waals surface area (Å²) >= 11 is 0. The molecule has 2 nitrogen and oxygen atoms in total. The van der Waals surface area contributed by atoms with Crippen LogP contribution in [0.1, 0.15) is 66.8 Å². The van der Waals surface area contributed by atoms with Crippen molar-refractivity contribution in [2.45, 2.75) is 50.9 Å². The van der Waals surface area contributed by atoms with Gasteiger partial charge >= 0.3 is 5.97 Å². The summed E-state index contributed by atoms with van der Waals surface area (Å²) in [5, 5.41) is 9.01. The molecule has 1 aliphatic carbocycles. The van der Waals surface area contributed by atoms with Crippen LogP contribution >= 0.6 is 0 Å². The molecule has 1 aliphatic rings. The Morgan fingerprint density at radius 2 is 1.71 bits per heavy atom. The van der Waals surface area contributed by atoms with Crippen molar-refractivity contribution in [3.05, 3.63) is 35.4 Å². The average Bonchev–Trinajstić information content (AvgIpc) is 2.28. The number of hydrogen-bond donors (Lipinski definition) is 1. The number of aromatic carboxylic acids is 1. The molecule has 1 aromatic rings. The van der Waals surface area contributed by atoms with Crippen LogP contribution in [0, 0.1) is 0 Å². The minimum Gasteiger partial charge on any atom is -0.478 e. The van der Waals surface area contributed by atoms with Gasteiger partial charge in [-0.15, -0.1) is 0 Å². The lowest BCUT2D eigenvalue weighted by Gasteiger charge is -2.20. The zero-order chi connectivity index (χ0) is 12.1. The van der Waals surface area contributed by atoms with Gasteiger partial charge in [0.2, 0.25) is 0 Å². The molecule has 0 aromatic heterocycles. The van der Waals surface area contributed by atoms with E-state index in [0.29, 0.717) is 11.5 Å². The van der Waals surface area contributed by atoms with Gasteiger partial charge in [-0.3, -0.25) is 0 Å². The first-order valence-electron chi connectivity index (χ1n) is 6.60. The van der Waals surface area contributed by atoms with E-state index in [1.54, 1.807) is 6.07 Å². The van der Waals surface area contributed by atoms with Gasteiger partial charge in [-0.05, 0) is 36.5 Å². The molecular weight excluding hydrogens is 212 g/mol. The maximum absolute atomic E-state index is 11.0. The molecular formula is C15H20O2. The van der Waals surface area contributed by atoms with Crippen LogP contribution in [0.4, 0.5) is 0 Å². The lowest BCUT2D eigenvalue weighted by Crippen LogP contribution is -2.04. The van der Waals surface area contributed by atoms with Crippen molar-refractivity contribution >= 4 is 5.97 Å². The van der Waals surface area contributed by atoms with Crippen molar-refractivity contribution in [3.63, 3.8) is 0 Å². The number of hydrogen-bond acceptors (Lipinski definition) is 1. The van der Waals surface area contributed by atoms with E-state index in [4.69, 9.17) is 5.11 Å². The van der Waals surface area contributed by atoms with E-state index in [9.17, 15) is 4.79 Å². The zero-order valence-corrected chi connectivity index (χ0v) is 10.2. The monoisotopic (exact) mass is 232 g/mol. The topological polar surface area (TPSA) is 37.3 Å². The molecule has 0 saturated heterocycles. The van der Waals surface area contributed by atoms with Gasteiger partial charge in [-0.1, -0.05) is 44.2 Å². The SMILES string of the molecule is O=C(O)c1cccc(C2CCCCCCC2)c1. The standard InChI is InChI=1S/C15H20O2/c16-15(17)14-10-6-9-13(11-14)12-7-4-2-1-3-5-8-12/h6,9-12H,1-5,7-8H2,(H,16,17). The molecule has 0 amide bonds. The second kappa shape index (κ2) is 5.85. The van der Waals surface area contributed by atoms with E-state index in [1.165, 1.54) is 50.5 Å². The Morgan fingerprint density at radius 1 is 1.06 bits per heavy atom. The molecule has 0 unspecified atom stereocenters. The third-order valence-corrected chi connectivity index (χ3v) is 3.71. The minimum atomic E-state index is -0.822. The summed E-state index contributed by atoms with van der Waals surface area (Å²) in [6.07, 6.45) is 9.00. The second-order valence-electron chi connectivity index (χ2n) is 4.97. The molecule has 2 heteroatoms. The van der Waals surface area contributed by atoms with Crippen molar-refractivity contribution in [2.75, 3.05) is 0 Å². The Labute approximate surface area is 103 Å². The highest BCUT2D eigenvalue weighted by molar-refractivity contribution is 5.87. The van der Waals surface area contributed by atoms with Gasteiger partial charge in [0.25, 0.3) is 0 Å². The fourth-order valence-corrected chi connectivity index (χ4v) is 2.72. The second-order valence-corrected chi connectivity index (χ2v) is 4.97. The van der Waals surface area contributed by atoms with Crippen LogP contribution in [0.2, 0.25) is 0 Å². The molecule has 0 atom stereocenters. The van der Waals surface area contributed by atoms with Crippen LogP contribution in [0.15, 0.2) is 24.3 Å². The average molecular weight is 232 g/mol. The molecule has 17 heavy (non-hydrogen) atoms. The molecule has 2 rings (SSSR count). The van der Waals surface area contributed by atoms with Crippen molar-refractivity contribution in [3.8, 4) is 0 Å². The molecule has 92 valence electrons. The fourth-order valence-electron chi connectivity index (χ4n) is 2.72. The van der Waals surface area contributed by atoms with Crippen LogP contribution in [0.3, 0.4) is 0 Å². The van der Waals surface area contributed by atoms with Crippen molar-refractivity contribution in [2.24, 2.45) is 0 Å². The van der Waals surface area contributed by atoms with E-state index in [2.05, 4.69) is 6.07 Å². The first kappa shape index (κ1) is 12.2. The molecule has 1 saturated carbocycles. The van der Waals surface area contributed by atoms with Crippen LogP contribution in [0.25, 0.3) is 0 Å². The Morgan fingerprint density at radius 3 is 2.35 bits per heavy atom. The van der Waals surface area contributed by atoms with Crippen LogP contribution in [-0.2, 0) is 0 Å². The predicted molar refractivity (Wildman–Crippen MR) is 68.5 cm³/mol. The van der Waals surface area contributed by atoms with Gasteiger partial charge in [0.05, 0.1) is 5.56 Å². The van der Waals surface area contributed by atoms with Gasteiger partial charge in [0.1, 0.15) is 0 Å². The Kier molecular flexibility index (Phi) is 4.18. The quantitative estimate of drug-likeness (QED) is 0.829. The van der Waals surface area contributed by atoms with E-state index in [0.717, 1.165) is 0 Å². The van der Waals surface area contributed by atoms with Gasteiger partial charge < -0.3 is 5.11 Å². The molecule has 0 bridgehead atoms. The van der Waals surface area contributed by atoms with Crippen LogP contribution in [0.5, 0.6) is 0 Å². The molecule has 0 heterocycles. The lowest BCUT2D eigenvalue weighted by molar-refractivity contribution is 0.0696. The van der Waals surface area contributed by atoms with E-state index >= 15 is 0 Å². The molecule has 0 radical (unpaired) electrons. The molecule has 1 aromatic carbocycles. The highest BCUT2D eigenvalue weighted by Crippen LogP contribution is 2.31. The summed E-state index contributed by atoms with van der Waals surface area (Å²) in [5.74, 6) is -0.257. The summed E-state index contributed by atoms with van der Waals surface area (Å²) in [4.78, 5) is 11.0. The first-order valence-corrected chi connectivity index (χ1v) is 6.60. The summed E-state index contributed by atoms with van der Waals surface area (Å²) in [7, 11) is 0. The van der Waals surface area contributed by atoms with Gasteiger partial charge in [-0.2, -0.15) is 0 Å². The summed E-state index contributed by atoms with van der Waals surface area (Å²) in [6, 6.07) is 7.49. The maximum Gasteiger partial charge on any atom is 0.335 e. The predicted octanol–water partition coefficient (Wildman–Crippen LogP) is 4.21. The van der Waals surface area contributed by atoms with Crippen LogP contribution in [-0.4, -0.2) is 11.1 Å². The van der Waals surface area contributed by atoms with E-state index in [-0.39, 0.29) is 0 Å². The van der Waals surface area contributed by atoms with Crippen molar-refractivity contribution < 1.29 is 9.90 Å². The molecule has 0 aliphatic heterocycles. The molecule has 1 fully saturated rings. The van der Waals surface area contributed by atoms with Gasteiger partial charge in [0, 0.05) is 0 Å². The van der Waals surface area contributed by atoms with Crippen LogP contribution < -0.4 is 0 Å². The van der Waals surface area contributed by atoms with Gasteiger partial charge in [-0.25, -0.2) is 4.79 Å². The summed E-state index contributed by atoms with van der Waals surface area (Å²) in [5.41, 5.74) is 1.64. The zero-order valence-electron chi connectivity index (χ0n) is 10.2. The number of carboxylic acid groups (broad SMARTS) is 1. The third kappa shape index (κ3) is 3.32. The maximum atomic E-state index is 11.0. The molecule has 1 N–H and O–H groups in total. The Balaban J connectivity index is 2.13. The Hall–Kier alpha value is -1.31. The minimum absolute atomic E-state index is 0.421. The number of benzene rings is 1. The fraction of sp³-hybridized carbons (Fsp3) is 0.533. The Bertz CT molecular complexity index is 376. The summed E-state index contributed by atoms with van der Waals surface area (Å²) < 4.78 is 0. The highest BCUT2D eigenvalue weighted by Gasteiger charge is 2.14. The van der Waals surface area contributed by atoms with Crippen molar-refractivity contribution in [1.29, 1.82) is 0 Å². The van der Waals surface area contributed by atoms with E-state index < -0.39 is 5.97 Å². The number of rotatable bonds is 2. The molecule has 0 spiro atoms. The highest BCUT2D eigenvalue weighted by atomic mass is 16.4. The third-order valence-electron chi connectivity index (χ3n) is 3.71. The lowest BCUT2D eigenvalue weighted by atomic mass is 9.85. The largest absolute Gasteiger partial charge is 0.478 e. The van der Waals surface area contributed by atoms with Gasteiger partial charge in [0.15, 0.2) is 0 Å². The summed E-state index contributed by atoms with van der Waals surface area (Å²) in [6.45, 7) is 0. The number of carboxylic acids is 1. The first-order chi connectivity index (χ1) is 8.27.